The first kappa shape index (κ1) is 18.4. The maximum absolute atomic E-state index is 12.9. The van der Waals surface area contributed by atoms with Gasteiger partial charge in [0.15, 0.2) is 11.6 Å². The number of aromatic nitrogens is 2. The van der Waals surface area contributed by atoms with Crippen molar-refractivity contribution in [1.82, 2.24) is 15.1 Å². The molecule has 1 aromatic carbocycles. The lowest BCUT2D eigenvalue weighted by Crippen LogP contribution is -2.49. The Labute approximate surface area is 174 Å². The Morgan fingerprint density at radius 3 is 2.10 bits per heavy atom. The molecule has 0 saturated carbocycles. The third kappa shape index (κ3) is 3.79. The molecule has 2 aromatic heterocycles. The summed E-state index contributed by atoms with van der Waals surface area (Å²) in [5.41, 5.74) is 0. The molecule has 2 aliphatic heterocycles. The Hall–Kier alpha value is -2.67. The molecule has 7 heteroatoms. The van der Waals surface area contributed by atoms with Crippen molar-refractivity contribution in [2.24, 2.45) is 0 Å². The maximum atomic E-state index is 12.9. The minimum Gasteiger partial charge on any atom is -0.355 e. The minimum absolute atomic E-state index is 0.136. The van der Waals surface area contributed by atoms with Gasteiger partial charge in [0.2, 0.25) is 0 Å². The van der Waals surface area contributed by atoms with Crippen LogP contribution in [-0.2, 0) is 0 Å². The molecule has 6 nitrogen and oxygen atoms in total. The van der Waals surface area contributed by atoms with E-state index in [1.807, 2.05) is 23.1 Å². The Morgan fingerprint density at radius 2 is 1.45 bits per heavy atom. The number of nitrogens with zero attached hydrogens (tertiary/aromatic N) is 5. The van der Waals surface area contributed by atoms with Gasteiger partial charge in [-0.2, -0.15) is 0 Å². The Morgan fingerprint density at radius 1 is 0.793 bits per heavy atom. The highest BCUT2D eigenvalue weighted by Gasteiger charge is 2.24. The zero-order valence-electron chi connectivity index (χ0n) is 16.5. The van der Waals surface area contributed by atoms with Crippen LogP contribution >= 0.6 is 11.3 Å². The summed E-state index contributed by atoms with van der Waals surface area (Å²) >= 11 is 1.58. The zero-order chi connectivity index (χ0) is 19.6. The van der Waals surface area contributed by atoms with Gasteiger partial charge in [-0.25, -0.2) is 0 Å². The molecule has 3 aromatic rings. The zero-order valence-corrected chi connectivity index (χ0v) is 17.3. The Balaban J connectivity index is 1.21. The first-order valence-electron chi connectivity index (χ1n) is 10.4. The quantitative estimate of drug-likeness (QED) is 0.663. The highest BCUT2D eigenvalue weighted by atomic mass is 32.1. The second-order valence-corrected chi connectivity index (χ2v) is 8.81. The fourth-order valence-electron chi connectivity index (χ4n) is 4.16. The lowest BCUT2D eigenvalue weighted by molar-refractivity contribution is 0.0751. The summed E-state index contributed by atoms with van der Waals surface area (Å²) in [7, 11) is 0. The van der Waals surface area contributed by atoms with Crippen LogP contribution in [0.1, 0.15) is 28.9 Å². The van der Waals surface area contributed by atoms with Crippen LogP contribution in [0.15, 0.2) is 42.5 Å². The molecule has 0 aliphatic carbocycles. The summed E-state index contributed by atoms with van der Waals surface area (Å²) in [4.78, 5) is 20.2. The molecule has 0 atom stereocenters. The highest BCUT2D eigenvalue weighted by Crippen LogP contribution is 2.27. The van der Waals surface area contributed by atoms with Gasteiger partial charge in [0.1, 0.15) is 0 Å². The van der Waals surface area contributed by atoms with Gasteiger partial charge in [-0.1, -0.05) is 18.2 Å². The van der Waals surface area contributed by atoms with Crippen molar-refractivity contribution < 1.29 is 4.79 Å². The van der Waals surface area contributed by atoms with Gasteiger partial charge >= 0.3 is 0 Å². The smallest absolute Gasteiger partial charge is 0.264 e. The van der Waals surface area contributed by atoms with Gasteiger partial charge in [0.25, 0.3) is 5.91 Å². The van der Waals surface area contributed by atoms with E-state index in [0.717, 1.165) is 48.1 Å². The number of carbonyl (C=O) groups is 1. The van der Waals surface area contributed by atoms with Gasteiger partial charge in [-0.15, -0.1) is 21.5 Å². The van der Waals surface area contributed by atoms with Crippen molar-refractivity contribution in [2.75, 3.05) is 49.1 Å². The lowest BCUT2D eigenvalue weighted by Gasteiger charge is -2.35. The van der Waals surface area contributed by atoms with Gasteiger partial charge in [0, 0.05) is 44.0 Å². The van der Waals surface area contributed by atoms with Crippen LogP contribution in [0.2, 0.25) is 0 Å². The molecular formula is C22H25N5OS. The Bertz CT molecular complexity index is 955. The summed E-state index contributed by atoms with van der Waals surface area (Å²) in [5, 5.41) is 10.1. The van der Waals surface area contributed by atoms with E-state index in [1.54, 1.807) is 11.3 Å². The second kappa shape index (κ2) is 7.99. The topological polar surface area (TPSA) is 52.6 Å². The summed E-state index contributed by atoms with van der Waals surface area (Å²) in [6.45, 7) is 5.15. The van der Waals surface area contributed by atoms with Crippen molar-refractivity contribution in [3.8, 4) is 0 Å². The van der Waals surface area contributed by atoms with Crippen LogP contribution in [0.3, 0.4) is 0 Å². The number of anilines is 2. The average molecular weight is 408 g/mol. The summed E-state index contributed by atoms with van der Waals surface area (Å²) in [6.07, 6.45) is 3.78. The molecule has 150 valence electrons. The van der Waals surface area contributed by atoms with E-state index >= 15 is 0 Å². The van der Waals surface area contributed by atoms with E-state index in [2.05, 4.69) is 44.3 Å². The number of fused-ring (bicyclic) bond motifs is 1. The van der Waals surface area contributed by atoms with Crippen molar-refractivity contribution in [1.29, 1.82) is 0 Å². The number of rotatable bonds is 3. The van der Waals surface area contributed by atoms with Crippen LogP contribution in [0.25, 0.3) is 10.1 Å². The van der Waals surface area contributed by atoms with Gasteiger partial charge in [-0.05, 0) is 48.9 Å². The van der Waals surface area contributed by atoms with Crippen molar-refractivity contribution in [3.05, 3.63) is 47.3 Å². The molecule has 0 bridgehead atoms. The lowest BCUT2D eigenvalue weighted by atomic mass is 10.1. The number of piperidine rings is 1. The maximum Gasteiger partial charge on any atom is 0.264 e. The molecular weight excluding hydrogens is 382 g/mol. The highest BCUT2D eigenvalue weighted by molar-refractivity contribution is 7.20. The number of hydrogen-bond donors (Lipinski definition) is 0. The van der Waals surface area contributed by atoms with Crippen molar-refractivity contribution >= 4 is 39.0 Å². The Kier molecular flexibility index (Phi) is 5.06. The van der Waals surface area contributed by atoms with Crippen LogP contribution in [0, 0.1) is 0 Å². The molecule has 2 aliphatic rings. The second-order valence-electron chi connectivity index (χ2n) is 7.73. The largest absolute Gasteiger partial charge is 0.355 e. The third-order valence-corrected chi connectivity index (χ3v) is 6.95. The SMILES string of the molecule is O=C(c1cc2ccccc2s1)N1CCN(c2ccc(N3CCCCC3)nn2)CC1. The molecule has 29 heavy (non-hydrogen) atoms. The van der Waals surface area contributed by atoms with Gasteiger partial charge < -0.3 is 14.7 Å². The van der Waals surface area contributed by atoms with Crippen LogP contribution in [0.5, 0.6) is 0 Å². The molecule has 0 N–H and O–H groups in total. The molecule has 0 unspecified atom stereocenters. The minimum atomic E-state index is 0.136. The predicted octanol–water partition coefficient (Wildman–Crippen LogP) is 3.64. The molecule has 1 amide bonds. The molecule has 5 rings (SSSR count). The first-order valence-corrected chi connectivity index (χ1v) is 11.2. The monoisotopic (exact) mass is 407 g/mol. The van der Waals surface area contributed by atoms with Gasteiger partial charge in [0.05, 0.1) is 4.88 Å². The molecule has 0 spiro atoms. The summed E-state index contributed by atoms with van der Waals surface area (Å²) in [5.74, 6) is 2.02. The summed E-state index contributed by atoms with van der Waals surface area (Å²) < 4.78 is 1.17. The number of thiophene rings is 1. The van der Waals surface area contributed by atoms with Crippen LogP contribution in [-0.4, -0.2) is 60.3 Å². The number of hydrogen-bond acceptors (Lipinski definition) is 6. The molecule has 4 heterocycles. The van der Waals surface area contributed by atoms with E-state index in [9.17, 15) is 4.79 Å². The summed E-state index contributed by atoms with van der Waals surface area (Å²) in [6, 6.07) is 14.3. The predicted molar refractivity (Wildman–Crippen MR) is 118 cm³/mol. The number of benzene rings is 1. The molecule has 2 fully saturated rings. The fraction of sp³-hybridized carbons (Fsp3) is 0.409. The van der Waals surface area contributed by atoms with E-state index in [0.29, 0.717) is 13.1 Å². The van der Waals surface area contributed by atoms with Crippen LogP contribution < -0.4 is 9.80 Å². The van der Waals surface area contributed by atoms with E-state index in [4.69, 9.17) is 0 Å². The van der Waals surface area contributed by atoms with E-state index in [-0.39, 0.29) is 5.91 Å². The number of amides is 1. The number of carbonyl (C=O) groups excluding carboxylic acids is 1. The third-order valence-electron chi connectivity index (χ3n) is 5.84. The average Bonchev–Trinajstić information content (AvgIpc) is 3.24. The van der Waals surface area contributed by atoms with E-state index in [1.165, 1.54) is 24.0 Å². The fourth-order valence-corrected chi connectivity index (χ4v) is 5.19. The number of piperazine rings is 1. The first-order chi connectivity index (χ1) is 14.3. The molecule has 2 saturated heterocycles. The van der Waals surface area contributed by atoms with Gasteiger partial charge in [-0.3, -0.25) is 4.79 Å². The molecule has 0 radical (unpaired) electrons. The normalized spacial score (nSPS) is 17.7. The standard InChI is InChI=1S/C22H25N5OS/c28-22(19-16-17-6-2-3-7-18(17)29-19)27-14-12-26(13-15-27)21-9-8-20(23-24-21)25-10-4-1-5-11-25/h2-3,6-9,16H,1,4-5,10-15H2. The van der Waals surface area contributed by atoms with Crippen LogP contribution in [0.4, 0.5) is 11.6 Å². The van der Waals surface area contributed by atoms with Crippen molar-refractivity contribution in [2.45, 2.75) is 19.3 Å². The van der Waals surface area contributed by atoms with Crippen molar-refractivity contribution in [3.63, 3.8) is 0 Å². The van der Waals surface area contributed by atoms with E-state index < -0.39 is 0 Å².